The average molecular weight is 507 g/mol. The van der Waals surface area contributed by atoms with Crippen molar-refractivity contribution in [3.05, 3.63) is 59.5 Å². The van der Waals surface area contributed by atoms with Gasteiger partial charge in [0.2, 0.25) is 0 Å². The molecule has 1 saturated carbocycles. The normalized spacial score (nSPS) is 26.6. The van der Waals surface area contributed by atoms with Gasteiger partial charge >= 0.3 is 0 Å². The predicted molar refractivity (Wildman–Crippen MR) is 142 cm³/mol. The number of hydrogen-bond acceptors (Lipinski definition) is 5. The van der Waals surface area contributed by atoms with Crippen LogP contribution in [0.15, 0.2) is 47.0 Å². The molecule has 2 aromatic carbocycles. The average Bonchev–Trinajstić information content (AvgIpc) is 3.31. The van der Waals surface area contributed by atoms with Gasteiger partial charge in [0.15, 0.2) is 5.58 Å². The fourth-order valence-electron chi connectivity index (χ4n) is 6.64. The molecule has 0 N–H and O–H groups in total. The zero-order valence-electron chi connectivity index (χ0n) is 22.1. The first-order valence-electron chi connectivity index (χ1n) is 14.1. The molecule has 0 spiro atoms. The van der Waals surface area contributed by atoms with Gasteiger partial charge in [0.05, 0.1) is 5.69 Å². The number of piperidine rings is 1. The lowest BCUT2D eigenvalue weighted by atomic mass is 9.81. The van der Waals surface area contributed by atoms with E-state index < -0.39 is 0 Å². The molecule has 1 unspecified atom stereocenters. The molecule has 6 heteroatoms. The third-order valence-electron chi connectivity index (χ3n) is 8.98. The Hall–Kier alpha value is -2.44. The predicted octanol–water partition coefficient (Wildman–Crippen LogP) is 6.75. The maximum atomic E-state index is 13.5. The smallest absolute Gasteiger partial charge is 0.170 e. The molecule has 5 nitrogen and oxygen atoms in total. The van der Waals surface area contributed by atoms with E-state index in [-0.39, 0.29) is 17.5 Å². The van der Waals surface area contributed by atoms with Crippen LogP contribution in [0, 0.1) is 17.7 Å². The highest BCUT2D eigenvalue weighted by molar-refractivity contribution is 5.79. The van der Waals surface area contributed by atoms with Crippen LogP contribution in [0.4, 0.5) is 4.39 Å². The Balaban J connectivity index is 0.941. The minimum Gasteiger partial charge on any atom is -0.485 e. The summed E-state index contributed by atoms with van der Waals surface area (Å²) in [6.45, 7) is 8.54. The van der Waals surface area contributed by atoms with E-state index in [0.717, 1.165) is 61.7 Å². The fraction of sp³-hybridized carbons (Fsp3) is 0.581. The van der Waals surface area contributed by atoms with Gasteiger partial charge in [-0.1, -0.05) is 23.4 Å². The summed E-state index contributed by atoms with van der Waals surface area (Å²) >= 11 is 0. The summed E-state index contributed by atoms with van der Waals surface area (Å²) in [7, 11) is 0. The standard InChI is InChI=1S/C31H39FN2O3/c1-31(2)29(17-24-5-3-4-6-27(24)36-31)35-20-22-9-7-21(8-10-22)19-34-15-13-23(14-16-34)30-26-12-11-25(32)18-28(26)37-33-30/h3-6,11-12,18,21-23,29H,7-10,13-17,19-20H2,1-2H3. The van der Waals surface area contributed by atoms with Gasteiger partial charge in [0.1, 0.15) is 23.3 Å². The number of ether oxygens (including phenoxy) is 2. The van der Waals surface area contributed by atoms with Gasteiger partial charge in [-0.2, -0.15) is 0 Å². The summed E-state index contributed by atoms with van der Waals surface area (Å²) in [5.74, 6) is 2.56. The number of benzene rings is 2. The van der Waals surface area contributed by atoms with Crippen LogP contribution < -0.4 is 4.74 Å². The Bertz CT molecular complexity index is 1210. The van der Waals surface area contributed by atoms with E-state index in [2.05, 4.69) is 42.1 Å². The molecule has 0 radical (unpaired) electrons. The van der Waals surface area contributed by atoms with E-state index in [1.54, 1.807) is 0 Å². The van der Waals surface area contributed by atoms with Gasteiger partial charge in [-0.15, -0.1) is 0 Å². The minimum atomic E-state index is -0.299. The summed E-state index contributed by atoms with van der Waals surface area (Å²) in [5.41, 5.74) is 2.52. The van der Waals surface area contributed by atoms with Crippen molar-refractivity contribution in [3.63, 3.8) is 0 Å². The van der Waals surface area contributed by atoms with Gasteiger partial charge in [-0.3, -0.25) is 0 Å². The molecule has 3 aromatic rings. The van der Waals surface area contributed by atoms with E-state index in [9.17, 15) is 4.39 Å². The molecule has 3 aliphatic rings. The number of aromatic nitrogens is 1. The lowest BCUT2D eigenvalue weighted by Gasteiger charge is -2.41. The summed E-state index contributed by atoms with van der Waals surface area (Å²) in [6, 6.07) is 13.1. The van der Waals surface area contributed by atoms with Crippen molar-refractivity contribution in [2.45, 2.75) is 76.4 Å². The first kappa shape index (κ1) is 24.9. The fourth-order valence-corrected chi connectivity index (χ4v) is 6.64. The summed E-state index contributed by atoms with van der Waals surface area (Å²) in [5, 5.41) is 5.27. The molecule has 1 atom stereocenters. The van der Waals surface area contributed by atoms with Crippen LogP contribution in [0.3, 0.4) is 0 Å². The van der Waals surface area contributed by atoms with Crippen molar-refractivity contribution in [2.24, 2.45) is 11.8 Å². The topological polar surface area (TPSA) is 47.7 Å². The second-order valence-corrected chi connectivity index (χ2v) is 12.0. The maximum absolute atomic E-state index is 13.5. The molecular formula is C31H39FN2O3. The highest BCUT2D eigenvalue weighted by atomic mass is 19.1. The number of rotatable bonds is 6. The Kier molecular flexibility index (Phi) is 6.97. The lowest BCUT2D eigenvalue weighted by molar-refractivity contribution is -0.0955. The number of hydrogen-bond donors (Lipinski definition) is 0. The third-order valence-corrected chi connectivity index (χ3v) is 8.98. The van der Waals surface area contributed by atoms with Crippen molar-refractivity contribution in [2.75, 3.05) is 26.2 Å². The second-order valence-electron chi connectivity index (χ2n) is 12.0. The summed E-state index contributed by atoms with van der Waals surface area (Å²) in [6.07, 6.45) is 8.30. The lowest BCUT2D eigenvalue weighted by Crippen LogP contribution is -2.48. The van der Waals surface area contributed by atoms with Crippen LogP contribution in [-0.2, 0) is 11.2 Å². The Morgan fingerprint density at radius 1 is 1.00 bits per heavy atom. The van der Waals surface area contributed by atoms with Crippen LogP contribution in [0.5, 0.6) is 5.75 Å². The Labute approximate surface area is 219 Å². The first-order chi connectivity index (χ1) is 17.9. The van der Waals surface area contributed by atoms with E-state index in [1.807, 2.05) is 12.1 Å². The first-order valence-corrected chi connectivity index (χ1v) is 14.1. The van der Waals surface area contributed by atoms with Gasteiger partial charge in [-0.25, -0.2) is 4.39 Å². The molecule has 198 valence electrons. The zero-order chi connectivity index (χ0) is 25.4. The van der Waals surface area contributed by atoms with Crippen molar-refractivity contribution in [3.8, 4) is 5.75 Å². The molecule has 1 aliphatic carbocycles. The molecule has 0 amide bonds. The maximum Gasteiger partial charge on any atom is 0.170 e. The van der Waals surface area contributed by atoms with E-state index in [0.29, 0.717) is 17.4 Å². The van der Waals surface area contributed by atoms with Gasteiger partial charge < -0.3 is 18.9 Å². The Morgan fingerprint density at radius 3 is 2.57 bits per heavy atom. The van der Waals surface area contributed by atoms with Crippen LogP contribution in [0.25, 0.3) is 11.0 Å². The molecule has 2 aliphatic heterocycles. The van der Waals surface area contributed by atoms with Crippen molar-refractivity contribution < 1.29 is 18.4 Å². The van der Waals surface area contributed by atoms with Crippen LogP contribution in [0.1, 0.15) is 69.5 Å². The number of fused-ring (bicyclic) bond motifs is 2. The second kappa shape index (κ2) is 10.4. The molecular weight excluding hydrogens is 467 g/mol. The van der Waals surface area contributed by atoms with Crippen LogP contribution >= 0.6 is 0 Å². The van der Waals surface area contributed by atoms with Gasteiger partial charge in [-0.05, 0) is 101 Å². The summed E-state index contributed by atoms with van der Waals surface area (Å²) < 4.78 is 31.7. The van der Waals surface area contributed by atoms with Gasteiger partial charge in [0, 0.05) is 36.9 Å². The molecule has 37 heavy (non-hydrogen) atoms. The Morgan fingerprint density at radius 2 is 1.76 bits per heavy atom. The minimum absolute atomic E-state index is 0.0993. The number of para-hydroxylation sites is 1. The highest BCUT2D eigenvalue weighted by Crippen LogP contribution is 2.37. The van der Waals surface area contributed by atoms with Crippen molar-refractivity contribution in [1.29, 1.82) is 0 Å². The third kappa shape index (κ3) is 5.42. The van der Waals surface area contributed by atoms with Gasteiger partial charge in [0.25, 0.3) is 0 Å². The van der Waals surface area contributed by atoms with Crippen LogP contribution in [-0.4, -0.2) is 48.0 Å². The van der Waals surface area contributed by atoms with Crippen LogP contribution in [0.2, 0.25) is 0 Å². The SMILES string of the molecule is CC1(C)Oc2ccccc2CC1OCC1CCC(CN2CCC(c3noc4cc(F)ccc34)CC2)CC1. The number of halogens is 1. The highest BCUT2D eigenvalue weighted by Gasteiger charge is 2.38. The molecule has 1 saturated heterocycles. The quantitative estimate of drug-likeness (QED) is 0.370. The number of likely N-dealkylation sites (tertiary alicyclic amines) is 1. The van der Waals surface area contributed by atoms with Crippen molar-refractivity contribution >= 4 is 11.0 Å². The van der Waals surface area contributed by atoms with E-state index in [1.165, 1.54) is 49.9 Å². The molecule has 3 heterocycles. The van der Waals surface area contributed by atoms with E-state index in [4.69, 9.17) is 14.0 Å². The molecule has 2 fully saturated rings. The largest absolute Gasteiger partial charge is 0.485 e. The van der Waals surface area contributed by atoms with E-state index >= 15 is 0 Å². The van der Waals surface area contributed by atoms with Crippen molar-refractivity contribution in [1.82, 2.24) is 10.1 Å². The molecule has 6 rings (SSSR count). The molecule has 0 bridgehead atoms. The zero-order valence-corrected chi connectivity index (χ0v) is 22.1. The molecule has 1 aromatic heterocycles. The number of nitrogens with zero attached hydrogens (tertiary/aromatic N) is 2. The summed E-state index contributed by atoms with van der Waals surface area (Å²) in [4.78, 5) is 2.64. The monoisotopic (exact) mass is 506 g/mol.